The van der Waals surface area contributed by atoms with Crippen molar-refractivity contribution >= 4 is 11.9 Å². The molecular weight excluding hydrogens is 468 g/mol. The molecule has 3 fully saturated rings. The zero-order chi connectivity index (χ0) is 26.5. The van der Waals surface area contributed by atoms with Gasteiger partial charge in [-0.3, -0.25) is 0 Å². The molecule has 37 heavy (non-hydrogen) atoms. The van der Waals surface area contributed by atoms with E-state index in [0.29, 0.717) is 17.9 Å². The minimum atomic E-state index is -1.36. The second kappa shape index (κ2) is 9.75. The molecule has 2 heterocycles. The first-order chi connectivity index (χ1) is 17.6. The third-order valence-corrected chi connectivity index (χ3v) is 9.81. The Kier molecular flexibility index (Phi) is 6.92. The van der Waals surface area contributed by atoms with Crippen LogP contribution in [0.15, 0.2) is 18.2 Å². The van der Waals surface area contributed by atoms with Crippen LogP contribution in [0.4, 0.5) is 0 Å². The van der Waals surface area contributed by atoms with E-state index >= 15 is 0 Å². The number of aryl methyl sites for hydroxylation is 2. The van der Waals surface area contributed by atoms with Gasteiger partial charge in [0.2, 0.25) is 0 Å². The molecule has 0 amide bonds. The second-order valence-electron chi connectivity index (χ2n) is 12.2. The lowest BCUT2D eigenvalue weighted by Crippen LogP contribution is -2.62. The van der Waals surface area contributed by atoms with Crippen LogP contribution < -0.4 is 0 Å². The number of benzene rings is 1. The van der Waals surface area contributed by atoms with Crippen molar-refractivity contribution in [2.24, 2.45) is 23.7 Å². The van der Waals surface area contributed by atoms with E-state index in [1.54, 1.807) is 0 Å². The van der Waals surface area contributed by atoms with Crippen molar-refractivity contribution in [2.75, 3.05) is 0 Å². The summed E-state index contributed by atoms with van der Waals surface area (Å²) in [6.45, 7) is 8.42. The third kappa shape index (κ3) is 4.29. The molecule has 1 N–H and O–H groups in total. The van der Waals surface area contributed by atoms with Gasteiger partial charge in [0.25, 0.3) is 0 Å². The molecule has 2 unspecified atom stereocenters. The second-order valence-corrected chi connectivity index (χ2v) is 12.2. The van der Waals surface area contributed by atoms with Gasteiger partial charge < -0.3 is 19.3 Å². The van der Waals surface area contributed by atoms with E-state index in [0.717, 1.165) is 32.1 Å². The Morgan fingerprint density at radius 3 is 2.62 bits per heavy atom. The van der Waals surface area contributed by atoms with Gasteiger partial charge in [-0.1, -0.05) is 26.8 Å². The normalized spacial score (nSPS) is 36.8. The zero-order valence-electron chi connectivity index (χ0n) is 22.5. The minimum absolute atomic E-state index is 0.0150. The summed E-state index contributed by atoms with van der Waals surface area (Å²) in [5.41, 5.74) is 1.65. The van der Waals surface area contributed by atoms with Crippen LogP contribution in [0.5, 0.6) is 0 Å². The van der Waals surface area contributed by atoms with Gasteiger partial charge in [0.1, 0.15) is 23.4 Å². The molecule has 6 nitrogen and oxygen atoms in total. The van der Waals surface area contributed by atoms with Crippen LogP contribution in [0.3, 0.4) is 0 Å². The molecule has 200 valence electrons. The molecule has 0 aromatic heterocycles. The van der Waals surface area contributed by atoms with Gasteiger partial charge in [0.15, 0.2) is 6.10 Å². The molecule has 1 aromatic rings. The van der Waals surface area contributed by atoms with E-state index in [2.05, 4.69) is 32.8 Å². The summed E-state index contributed by atoms with van der Waals surface area (Å²) < 4.78 is 19.3. The number of hydrogen-bond acceptors (Lipinski definition) is 6. The fourth-order valence-electron chi connectivity index (χ4n) is 7.70. The quantitative estimate of drug-likeness (QED) is 0.446. The summed E-state index contributed by atoms with van der Waals surface area (Å²) in [6.07, 6.45) is 9.55. The Bertz CT molecular complexity index is 1100. The number of hydrogen-bond donors (Lipinski definition) is 1. The minimum Gasteiger partial charge on any atom is -0.457 e. The number of terminal acetylenes is 1. The molecule has 0 radical (unpaired) electrons. The lowest BCUT2D eigenvalue weighted by Gasteiger charge is -2.53. The fourth-order valence-corrected chi connectivity index (χ4v) is 7.70. The van der Waals surface area contributed by atoms with E-state index in [9.17, 15) is 14.7 Å². The van der Waals surface area contributed by atoms with Gasteiger partial charge in [-0.15, -0.1) is 12.3 Å². The number of carbonyl (C=O) groups excluding carboxylic acids is 2. The van der Waals surface area contributed by atoms with Crippen molar-refractivity contribution in [2.45, 2.75) is 109 Å². The number of ether oxygens (including phenoxy) is 3. The lowest BCUT2D eigenvalue weighted by molar-refractivity contribution is -0.259. The van der Waals surface area contributed by atoms with Crippen molar-refractivity contribution in [1.29, 1.82) is 0 Å². The summed E-state index contributed by atoms with van der Waals surface area (Å²) in [4.78, 5) is 26.3. The van der Waals surface area contributed by atoms with Crippen LogP contribution >= 0.6 is 0 Å². The highest BCUT2D eigenvalue weighted by molar-refractivity contribution is 5.90. The summed E-state index contributed by atoms with van der Waals surface area (Å²) in [7, 11) is 0. The Morgan fingerprint density at radius 1 is 1.19 bits per heavy atom. The summed E-state index contributed by atoms with van der Waals surface area (Å²) in [5, 5.41) is 10.2. The highest BCUT2D eigenvalue weighted by Gasteiger charge is 2.72. The maximum atomic E-state index is 13.6. The van der Waals surface area contributed by atoms with Crippen molar-refractivity contribution in [1.82, 2.24) is 0 Å². The average Bonchev–Trinajstić information content (AvgIpc) is 3.39. The van der Waals surface area contributed by atoms with Gasteiger partial charge in [-0.2, -0.15) is 0 Å². The molecule has 2 aliphatic carbocycles. The standard InChI is InChI=1S/C31H40O6/c1-6-9-24(32)29(34)35-25-17-31(18(2)3)27(26-19(4)12-15-23(26)30(25,5)37-31)36-28(33)22-14-13-20-10-7-8-11-21(20)16-22/h1,13-14,16,18-19,23-27,32H,7-12,15,17H2,2-5H3/t19-,23-,24-,25-,26-,27?,30+,31?/m1/s1. The molecule has 2 saturated heterocycles. The van der Waals surface area contributed by atoms with Gasteiger partial charge in [-0.25, -0.2) is 9.59 Å². The van der Waals surface area contributed by atoms with Gasteiger partial charge >= 0.3 is 11.9 Å². The molecule has 2 bridgehead atoms. The molecule has 6 heteroatoms. The number of aliphatic hydroxyl groups is 1. The molecule has 4 aliphatic rings. The van der Waals surface area contributed by atoms with E-state index in [1.807, 2.05) is 19.1 Å². The predicted octanol–water partition coefficient (Wildman–Crippen LogP) is 4.64. The molecule has 8 atom stereocenters. The molecule has 0 spiro atoms. The van der Waals surface area contributed by atoms with Crippen LogP contribution in [0.25, 0.3) is 0 Å². The lowest BCUT2D eigenvalue weighted by atomic mass is 9.69. The van der Waals surface area contributed by atoms with E-state index in [-0.39, 0.29) is 30.1 Å². The Morgan fingerprint density at radius 2 is 1.92 bits per heavy atom. The number of carbonyl (C=O) groups is 2. The van der Waals surface area contributed by atoms with Crippen LogP contribution in [0.1, 0.15) is 87.7 Å². The van der Waals surface area contributed by atoms with E-state index in [4.69, 9.17) is 20.6 Å². The Balaban J connectivity index is 1.47. The molecule has 1 aromatic carbocycles. The SMILES string of the molecule is C#CC[C@@H](O)C(=O)O[C@@H]1CC2(C(C)C)O[C@@]1(C)[C@@H]1CC[C@@H](C)[C@H]1C2OC(=O)c1ccc2c(c1)CCCC2. The first-order valence-corrected chi connectivity index (χ1v) is 14.0. The van der Waals surface area contributed by atoms with Gasteiger partial charge in [-0.05, 0) is 86.5 Å². The molecular formula is C31H40O6. The van der Waals surface area contributed by atoms with Crippen LogP contribution in [0, 0.1) is 36.0 Å². The smallest absolute Gasteiger partial charge is 0.338 e. The van der Waals surface area contributed by atoms with Crippen molar-refractivity contribution in [3.8, 4) is 12.3 Å². The Hall–Kier alpha value is -2.36. The maximum absolute atomic E-state index is 13.6. The Labute approximate surface area is 220 Å². The van der Waals surface area contributed by atoms with Crippen LogP contribution in [-0.4, -0.2) is 46.6 Å². The summed E-state index contributed by atoms with van der Waals surface area (Å²) >= 11 is 0. The van der Waals surface area contributed by atoms with Crippen LogP contribution in [0.2, 0.25) is 0 Å². The number of esters is 2. The number of rotatable bonds is 6. The van der Waals surface area contributed by atoms with E-state index in [1.165, 1.54) is 17.5 Å². The summed E-state index contributed by atoms with van der Waals surface area (Å²) in [6, 6.07) is 5.98. The molecule has 1 saturated carbocycles. The highest BCUT2D eigenvalue weighted by atomic mass is 16.6. The first kappa shape index (κ1) is 26.3. The van der Waals surface area contributed by atoms with Crippen molar-refractivity contribution in [3.05, 3.63) is 34.9 Å². The van der Waals surface area contributed by atoms with E-state index < -0.39 is 35.5 Å². The fraction of sp³-hybridized carbons (Fsp3) is 0.677. The van der Waals surface area contributed by atoms with Crippen LogP contribution in [-0.2, 0) is 31.8 Å². The number of fused-ring (bicyclic) bond motifs is 5. The van der Waals surface area contributed by atoms with Crippen molar-refractivity contribution in [3.63, 3.8) is 0 Å². The van der Waals surface area contributed by atoms with Crippen molar-refractivity contribution < 1.29 is 28.9 Å². The zero-order valence-corrected chi connectivity index (χ0v) is 22.5. The average molecular weight is 509 g/mol. The maximum Gasteiger partial charge on any atom is 0.338 e. The topological polar surface area (TPSA) is 82.1 Å². The third-order valence-electron chi connectivity index (χ3n) is 9.81. The monoisotopic (exact) mass is 508 g/mol. The van der Waals surface area contributed by atoms with Gasteiger partial charge in [0.05, 0.1) is 5.56 Å². The number of aliphatic hydroxyl groups excluding tert-OH is 1. The largest absolute Gasteiger partial charge is 0.457 e. The molecule has 5 rings (SSSR count). The molecule has 2 aliphatic heterocycles. The highest BCUT2D eigenvalue weighted by Crippen LogP contribution is 2.63. The predicted molar refractivity (Wildman–Crippen MR) is 139 cm³/mol. The summed E-state index contributed by atoms with van der Waals surface area (Å²) in [5.74, 6) is 1.82. The van der Waals surface area contributed by atoms with Gasteiger partial charge in [0, 0.05) is 18.8 Å². The first-order valence-electron chi connectivity index (χ1n) is 14.0.